The van der Waals surface area contributed by atoms with Gasteiger partial charge in [0.25, 0.3) is 11.8 Å². The number of nitrogens with one attached hydrogen (secondary N) is 2. The average molecular weight is 530 g/mol. The van der Waals surface area contributed by atoms with E-state index in [-0.39, 0.29) is 24.2 Å². The summed E-state index contributed by atoms with van der Waals surface area (Å²) in [4.78, 5) is 24.7. The molecule has 0 atom stereocenters. The molecule has 0 aliphatic heterocycles. The van der Waals surface area contributed by atoms with Gasteiger partial charge in [0.05, 0.1) is 4.47 Å². The van der Waals surface area contributed by atoms with Gasteiger partial charge in [0.1, 0.15) is 5.75 Å². The van der Waals surface area contributed by atoms with E-state index in [1.54, 1.807) is 78.7 Å². The lowest BCUT2D eigenvalue weighted by Gasteiger charge is -2.08. The van der Waals surface area contributed by atoms with E-state index in [0.717, 1.165) is 4.47 Å². The number of nitrogens with zero attached hydrogens (tertiary/aromatic N) is 4. The number of rotatable bonds is 7. The van der Waals surface area contributed by atoms with Crippen molar-refractivity contribution in [2.75, 3.05) is 10.6 Å². The van der Waals surface area contributed by atoms with Crippen LogP contribution in [-0.2, 0) is 13.8 Å². The number of halogens is 2. The molecule has 0 aliphatic rings. The molecule has 2 aromatic heterocycles. The first-order valence-electron chi connectivity index (χ1n) is 9.71. The Kier molecular flexibility index (Phi) is 6.76. The molecule has 11 heteroatoms. The third-order valence-electron chi connectivity index (χ3n) is 4.47. The van der Waals surface area contributed by atoms with Crippen LogP contribution in [0.25, 0.3) is 0 Å². The Labute approximate surface area is 202 Å². The Morgan fingerprint density at radius 1 is 0.939 bits per heavy atom. The predicted octanol–water partition coefficient (Wildman–Crippen LogP) is 4.57. The highest BCUT2D eigenvalue weighted by atomic mass is 79.9. The summed E-state index contributed by atoms with van der Waals surface area (Å²) < 4.78 is 9.47. The number of hydrogen-bond donors (Lipinski definition) is 2. The lowest BCUT2D eigenvalue weighted by atomic mass is 10.2. The van der Waals surface area contributed by atoms with Gasteiger partial charge in [0, 0.05) is 35.8 Å². The van der Waals surface area contributed by atoms with Gasteiger partial charge >= 0.3 is 0 Å². The normalized spacial score (nSPS) is 10.6. The Morgan fingerprint density at radius 3 is 2.12 bits per heavy atom. The topological polar surface area (TPSA) is 103 Å². The van der Waals surface area contributed by atoms with Crippen molar-refractivity contribution in [2.24, 2.45) is 7.05 Å². The monoisotopic (exact) mass is 528 g/mol. The molecule has 2 aromatic carbocycles. The molecule has 2 heterocycles. The molecule has 0 saturated heterocycles. The van der Waals surface area contributed by atoms with Crippen molar-refractivity contribution in [3.05, 3.63) is 87.9 Å². The minimum atomic E-state index is -0.369. The maximum absolute atomic E-state index is 12.5. The quantitative estimate of drug-likeness (QED) is 0.365. The molecule has 0 spiro atoms. The maximum Gasteiger partial charge on any atom is 0.276 e. The fourth-order valence-electron chi connectivity index (χ4n) is 2.85. The maximum atomic E-state index is 12.5. The summed E-state index contributed by atoms with van der Waals surface area (Å²) in [6, 6.07) is 15.2. The highest BCUT2D eigenvalue weighted by Crippen LogP contribution is 2.28. The van der Waals surface area contributed by atoms with Gasteiger partial charge in [0.2, 0.25) is 0 Å². The van der Waals surface area contributed by atoms with E-state index in [4.69, 9.17) is 16.3 Å². The van der Waals surface area contributed by atoms with Crippen LogP contribution in [0.15, 0.2) is 71.5 Å². The van der Waals surface area contributed by atoms with Crippen LogP contribution >= 0.6 is 27.5 Å². The van der Waals surface area contributed by atoms with Crippen molar-refractivity contribution in [3.63, 3.8) is 0 Å². The fourth-order valence-corrected chi connectivity index (χ4v) is 3.64. The van der Waals surface area contributed by atoms with Crippen molar-refractivity contribution in [1.82, 2.24) is 19.6 Å². The zero-order valence-electron chi connectivity index (χ0n) is 17.3. The van der Waals surface area contributed by atoms with Gasteiger partial charge in [-0.3, -0.25) is 14.3 Å². The summed E-state index contributed by atoms with van der Waals surface area (Å²) in [7, 11) is 1.74. The summed E-state index contributed by atoms with van der Waals surface area (Å²) in [6.45, 7) is 0.123. The van der Waals surface area contributed by atoms with E-state index >= 15 is 0 Å². The van der Waals surface area contributed by atoms with Crippen LogP contribution in [-0.4, -0.2) is 31.4 Å². The first-order chi connectivity index (χ1) is 15.9. The van der Waals surface area contributed by atoms with Crippen LogP contribution in [0.1, 0.15) is 21.0 Å². The van der Waals surface area contributed by atoms with E-state index in [2.05, 4.69) is 36.8 Å². The van der Waals surface area contributed by atoms with Crippen molar-refractivity contribution >= 4 is 50.7 Å². The second-order valence-corrected chi connectivity index (χ2v) is 8.24. The zero-order chi connectivity index (χ0) is 23.4. The van der Waals surface area contributed by atoms with Gasteiger partial charge in [-0.15, -0.1) is 0 Å². The first kappa shape index (κ1) is 22.6. The van der Waals surface area contributed by atoms with E-state index in [9.17, 15) is 9.59 Å². The zero-order valence-corrected chi connectivity index (χ0v) is 19.7. The first-order valence-corrected chi connectivity index (χ1v) is 10.9. The second kappa shape index (κ2) is 9.88. The van der Waals surface area contributed by atoms with Gasteiger partial charge in [-0.2, -0.15) is 10.2 Å². The van der Waals surface area contributed by atoms with Crippen LogP contribution in [0, 0.1) is 0 Å². The van der Waals surface area contributed by atoms with Gasteiger partial charge in [0.15, 0.2) is 18.1 Å². The number of hydrogen-bond acceptors (Lipinski definition) is 5. The summed E-state index contributed by atoms with van der Waals surface area (Å²) >= 11 is 9.31. The van der Waals surface area contributed by atoms with E-state index < -0.39 is 0 Å². The van der Waals surface area contributed by atoms with Crippen molar-refractivity contribution in [2.45, 2.75) is 6.73 Å². The average Bonchev–Trinajstić information content (AvgIpc) is 3.44. The van der Waals surface area contributed by atoms with Crippen molar-refractivity contribution in [1.29, 1.82) is 0 Å². The summed E-state index contributed by atoms with van der Waals surface area (Å²) in [5.74, 6) is -0.0754. The van der Waals surface area contributed by atoms with Gasteiger partial charge < -0.3 is 15.4 Å². The molecule has 2 N–H and O–H groups in total. The molecule has 2 amide bonds. The van der Waals surface area contributed by atoms with Crippen LogP contribution < -0.4 is 15.4 Å². The van der Waals surface area contributed by atoms with Crippen LogP contribution in [0.2, 0.25) is 5.02 Å². The van der Waals surface area contributed by atoms with Gasteiger partial charge in [-0.25, -0.2) is 4.68 Å². The van der Waals surface area contributed by atoms with Crippen LogP contribution in [0.3, 0.4) is 0 Å². The van der Waals surface area contributed by atoms with Crippen molar-refractivity contribution < 1.29 is 14.3 Å². The molecule has 0 bridgehead atoms. The summed E-state index contributed by atoms with van der Waals surface area (Å²) in [5, 5.41) is 14.4. The van der Waals surface area contributed by atoms with E-state index in [0.29, 0.717) is 27.8 Å². The molecule has 0 aliphatic carbocycles. The number of carbonyl (C=O) groups excluding carboxylic acids is 2. The minimum absolute atomic E-state index is 0.123. The number of benzene rings is 2. The summed E-state index contributed by atoms with van der Waals surface area (Å²) in [6.07, 6.45) is 3.34. The Bertz CT molecular complexity index is 1300. The third-order valence-corrected chi connectivity index (χ3v) is 5.32. The molecule has 9 nitrogen and oxygen atoms in total. The standard InChI is InChI=1S/C22H18BrClN6O3/c1-29-10-8-18(27-29)21(31)25-15-3-5-16(6-4-15)26-22(32)19-9-11-30(28-19)13-33-20-7-2-14(24)12-17(20)23/h2-12H,13H2,1H3,(H,25,31)(H,26,32). The Morgan fingerprint density at radius 2 is 1.55 bits per heavy atom. The molecular formula is C22H18BrClN6O3. The third kappa shape index (κ3) is 5.79. The predicted molar refractivity (Wildman–Crippen MR) is 128 cm³/mol. The molecule has 0 saturated carbocycles. The fraction of sp³-hybridized carbons (Fsp3) is 0.0909. The smallest absolute Gasteiger partial charge is 0.276 e. The Balaban J connectivity index is 1.32. The van der Waals surface area contributed by atoms with Gasteiger partial charge in [-0.05, 0) is 70.5 Å². The molecule has 33 heavy (non-hydrogen) atoms. The SMILES string of the molecule is Cn1ccc(C(=O)Nc2ccc(NC(=O)c3ccn(COc4ccc(Cl)cc4Br)n3)cc2)n1. The molecule has 0 unspecified atom stereocenters. The number of ether oxygens (including phenoxy) is 1. The minimum Gasteiger partial charge on any atom is -0.470 e. The number of amides is 2. The highest BCUT2D eigenvalue weighted by Gasteiger charge is 2.12. The van der Waals surface area contributed by atoms with E-state index in [1.807, 2.05) is 0 Å². The summed E-state index contributed by atoms with van der Waals surface area (Å²) in [5.41, 5.74) is 1.70. The van der Waals surface area contributed by atoms with Crippen LogP contribution in [0.5, 0.6) is 5.75 Å². The lowest BCUT2D eigenvalue weighted by molar-refractivity contribution is 0.101. The van der Waals surface area contributed by atoms with Crippen LogP contribution in [0.4, 0.5) is 11.4 Å². The van der Waals surface area contributed by atoms with Crippen molar-refractivity contribution in [3.8, 4) is 5.75 Å². The second-order valence-electron chi connectivity index (χ2n) is 6.95. The molecule has 0 radical (unpaired) electrons. The number of aromatic nitrogens is 4. The van der Waals surface area contributed by atoms with Gasteiger partial charge in [-0.1, -0.05) is 11.6 Å². The molecule has 4 aromatic rings. The molecule has 168 valence electrons. The molecule has 4 rings (SSSR count). The molecular weight excluding hydrogens is 512 g/mol. The number of anilines is 2. The highest BCUT2D eigenvalue weighted by molar-refractivity contribution is 9.10. The molecule has 0 fully saturated rings. The number of carbonyl (C=O) groups is 2. The number of aryl methyl sites for hydroxylation is 1. The largest absolute Gasteiger partial charge is 0.470 e. The lowest BCUT2D eigenvalue weighted by Crippen LogP contribution is -2.15. The Hall–Kier alpha value is -3.63. The van der Waals surface area contributed by atoms with E-state index in [1.165, 1.54) is 4.68 Å².